The zero-order valence-corrected chi connectivity index (χ0v) is 24.2. The maximum absolute atomic E-state index is 15.5. The molecule has 206 valence electrons. The Morgan fingerprint density at radius 1 is 0.917 bits per heavy atom. The summed E-state index contributed by atoms with van der Waals surface area (Å²) in [4.78, 5) is 0. The zero-order chi connectivity index (χ0) is 27.1. The third-order valence-corrected chi connectivity index (χ3v) is 7.66. The van der Waals surface area contributed by atoms with Gasteiger partial charge in [0, 0.05) is 12.7 Å². The van der Waals surface area contributed by atoms with Crippen LogP contribution in [0.4, 0.5) is 8.78 Å². The van der Waals surface area contributed by atoms with Crippen LogP contribution < -0.4 is 9.47 Å². The van der Waals surface area contributed by atoms with Crippen LogP contribution in [0.1, 0.15) is 108 Å². The first-order chi connectivity index (χ1) is 16.8. The van der Waals surface area contributed by atoms with Crippen molar-refractivity contribution in [3.8, 4) is 11.5 Å². The topological polar surface area (TPSA) is 27.7 Å². The first-order valence-electron chi connectivity index (χ1n) is 13.8. The average molecular weight is 509 g/mol. The Balaban J connectivity index is 2.01. The minimum absolute atomic E-state index is 0.0159. The van der Waals surface area contributed by atoms with Crippen LogP contribution in [-0.4, -0.2) is 19.5 Å². The van der Waals surface area contributed by atoms with Gasteiger partial charge in [-0.1, -0.05) is 72.3 Å². The van der Waals surface area contributed by atoms with Gasteiger partial charge in [-0.3, -0.25) is 0 Å². The van der Waals surface area contributed by atoms with Crippen molar-refractivity contribution in [1.29, 1.82) is 0 Å². The molecule has 36 heavy (non-hydrogen) atoms. The third-order valence-electron chi connectivity index (χ3n) is 7.66. The fourth-order valence-electron chi connectivity index (χ4n) is 5.39. The van der Waals surface area contributed by atoms with Crippen molar-refractivity contribution in [2.24, 2.45) is 17.8 Å². The van der Waals surface area contributed by atoms with Gasteiger partial charge in [0.25, 0.3) is 5.92 Å². The summed E-state index contributed by atoms with van der Waals surface area (Å²) in [7, 11) is 1.52. The quantitative estimate of drug-likeness (QED) is 0.185. The Labute approximate surface area is 219 Å². The standard InChI is InChI=1S/C31H50F2O3/c1-21(2)13-10-14-22(3)15-11-16-23(4)17-12-18-30(8)19-31(32,33)27-26(7)28(35-20-34-9)24(5)25(6)29(27)36-30/h12,18,21-23H,10-11,13-17,19-20H2,1-9H3/b18-12+. The number of methoxy groups -OCH3 is 1. The van der Waals surface area contributed by atoms with Crippen molar-refractivity contribution in [3.63, 3.8) is 0 Å². The van der Waals surface area contributed by atoms with Crippen molar-refractivity contribution < 1.29 is 23.0 Å². The van der Waals surface area contributed by atoms with Crippen molar-refractivity contribution in [1.82, 2.24) is 0 Å². The molecule has 0 aliphatic carbocycles. The molecule has 3 unspecified atom stereocenters. The number of alkyl halides is 2. The largest absolute Gasteiger partial charge is 0.482 e. The predicted molar refractivity (Wildman–Crippen MR) is 145 cm³/mol. The summed E-state index contributed by atoms with van der Waals surface area (Å²) >= 11 is 0. The highest BCUT2D eigenvalue weighted by molar-refractivity contribution is 5.60. The number of allylic oxidation sites excluding steroid dienone is 1. The van der Waals surface area contributed by atoms with Crippen LogP contribution in [0.5, 0.6) is 11.5 Å². The molecule has 1 aliphatic rings. The van der Waals surface area contributed by atoms with Crippen LogP contribution in [0, 0.1) is 38.5 Å². The van der Waals surface area contributed by atoms with Gasteiger partial charge >= 0.3 is 0 Å². The molecule has 1 heterocycles. The summed E-state index contributed by atoms with van der Waals surface area (Å²) in [5.74, 6) is -0.180. The molecule has 3 nitrogen and oxygen atoms in total. The first kappa shape index (κ1) is 30.6. The number of fused-ring (bicyclic) bond motifs is 1. The molecule has 3 atom stereocenters. The Kier molecular flexibility index (Phi) is 11.3. The fraction of sp³-hybridized carbons (Fsp3) is 0.742. The predicted octanol–water partition coefficient (Wildman–Crippen LogP) is 9.44. The Morgan fingerprint density at radius 2 is 1.53 bits per heavy atom. The second-order valence-corrected chi connectivity index (χ2v) is 11.9. The lowest BCUT2D eigenvalue weighted by Crippen LogP contribution is -2.42. The number of hydrogen-bond acceptors (Lipinski definition) is 3. The van der Waals surface area contributed by atoms with Crippen molar-refractivity contribution in [3.05, 3.63) is 34.4 Å². The number of ether oxygens (including phenoxy) is 3. The molecule has 0 radical (unpaired) electrons. The molecular formula is C31H50F2O3. The monoisotopic (exact) mass is 508 g/mol. The zero-order valence-electron chi connectivity index (χ0n) is 24.2. The molecule has 0 N–H and O–H groups in total. The number of benzene rings is 1. The molecule has 0 bridgehead atoms. The van der Waals surface area contributed by atoms with Gasteiger partial charge in [0.1, 0.15) is 17.1 Å². The average Bonchev–Trinajstić information content (AvgIpc) is 2.76. The van der Waals surface area contributed by atoms with Gasteiger partial charge in [0.05, 0.1) is 12.0 Å². The maximum Gasteiger partial charge on any atom is 0.281 e. The highest BCUT2D eigenvalue weighted by Gasteiger charge is 2.50. The van der Waals surface area contributed by atoms with Gasteiger partial charge in [-0.05, 0) is 69.1 Å². The van der Waals surface area contributed by atoms with Gasteiger partial charge in [0.2, 0.25) is 0 Å². The van der Waals surface area contributed by atoms with E-state index < -0.39 is 17.9 Å². The molecule has 0 saturated carbocycles. The third kappa shape index (κ3) is 8.19. The van der Waals surface area contributed by atoms with Gasteiger partial charge in [-0.25, -0.2) is 8.78 Å². The van der Waals surface area contributed by atoms with E-state index in [1.54, 1.807) is 13.8 Å². The first-order valence-corrected chi connectivity index (χ1v) is 13.8. The molecule has 0 spiro atoms. The summed E-state index contributed by atoms with van der Waals surface area (Å²) in [5, 5.41) is 0. The molecule has 0 amide bonds. The second kappa shape index (κ2) is 13.3. The maximum atomic E-state index is 15.5. The van der Waals surface area contributed by atoms with Crippen molar-refractivity contribution in [2.75, 3.05) is 13.9 Å². The van der Waals surface area contributed by atoms with Gasteiger partial charge in [-0.15, -0.1) is 0 Å². The molecule has 0 saturated heterocycles. The highest BCUT2D eigenvalue weighted by atomic mass is 19.3. The lowest BCUT2D eigenvalue weighted by atomic mass is 9.84. The molecule has 5 heteroatoms. The Bertz CT molecular complexity index is 877. The van der Waals surface area contributed by atoms with Crippen LogP contribution in [-0.2, 0) is 10.7 Å². The van der Waals surface area contributed by atoms with E-state index in [1.807, 2.05) is 26.0 Å². The lowest BCUT2D eigenvalue weighted by molar-refractivity contribution is -0.0846. The normalized spacial score (nSPS) is 20.9. The van der Waals surface area contributed by atoms with Gasteiger partial charge in [0.15, 0.2) is 6.79 Å². The molecule has 2 rings (SSSR count). The van der Waals surface area contributed by atoms with Crippen LogP contribution in [0.15, 0.2) is 12.2 Å². The molecule has 0 fully saturated rings. The lowest BCUT2D eigenvalue weighted by Gasteiger charge is -2.40. The smallest absolute Gasteiger partial charge is 0.281 e. The molecular weight excluding hydrogens is 458 g/mol. The summed E-state index contributed by atoms with van der Waals surface area (Å²) in [5.41, 5.74) is 0.808. The van der Waals surface area contributed by atoms with E-state index in [9.17, 15) is 0 Å². The van der Waals surface area contributed by atoms with Crippen LogP contribution in [0.25, 0.3) is 0 Å². The van der Waals surface area contributed by atoms with E-state index in [4.69, 9.17) is 14.2 Å². The number of rotatable bonds is 14. The SMILES string of the molecule is COCOc1c(C)c(C)c2c(c1C)C(F)(F)CC(C)(/C=C/CC(C)CCCC(C)CCCC(C)C)O2. The van der Waals surface area contributed by atoms with E-state index in [0.29, 0.717) is 22.8 Å². The molecule has 1 aliphatic heterocycles. The number of hydrogen-bond donors (Lipinski definition) is 0. The van der Waals surface area contributed by atoms with E-state index in [0.717, 1.165) is 30.2 Å². The highest BCUT2D eigenvalue weighted by Crippen LogP contribution is 2.53. The second-order valence-electron chi connectivity index (χ2n) is 11.9. The van der Waals surface area contributed by atoms with E-state index in [-0.39, 0.29) is 18.1 Å². The summed E-state index contributed by atoms with van der Waals surface area (Å²) in [6, 6.07) is 0. The fourth-order valence-corrected chi connectivity index (χ4v) is 5.39. The Morgan fingerprint density at radius 3 is 2.14 bits per heavy atom. The van der Waals surface area contributed by atoms with Gasteiger partial charge < -0.3 is 14.2 Å². The number of halogens is 2. The van der Waals surface area contributed by atoms with E-state index in [1.165, 1.54) is 39.2 Å². The van der Waals surface area contributed by atoms with Crippen molar-refractivity contribution >= 4 is 0 Å². The van der Waals surface area contributed by atoms with Gasteiger partial charge in [-0.2, -0.15) is 0 Å². The van der Waals surface area contributed by atoms with Crippen LogP contribution in [0.2, 0.25) is 0 Å². The molecule has 0 aromatic heterocycles. The summed E-state index contributed by atoms with van der Waals surface area (Å²) < 4.78 is 48.0. The molecule has 1 aromatic carbocycles. The van der Waals surface area contributed by atoms with Crippen LogP contribution in [0.3, 0.4) is 0 Å². The summed E-state index contributed by atoms with van der Waals surface area (Å²) in [6.07, 6.45) is 12.0. The molecule has 1 aromatic rings. The van der Waals surface area contributed by atoms with E-state index in [2.05, 4.69) is 27.7 Å². The van der Waals surface area contributed by atoms with E-state index >= 15 is 8.78 Å². The van der Waals surface area contributed by atoms with Crippen LogP contribution >= 0.6 is 0 Å². The minimum atomic E-state index is -3.02. The minimum Gasteiger partial charge on any atom is -0.482 e. The summed E-state index contributed by atoms with van der Waals surface area (Å²) in [6.45, 7) is 16.4. The van der Waals surface area contributed by atoms with Crippen molar-refractivity contribution in [2.45, 2.75) is 118 Å². The Hall–Kier alpha value is -1.62.